The predicted octanol–water partition coefficient (Wildman–Crippen LogP) is 1.98. The second-order valence-electron chi connectivity index (χ2n) is 4.38. The Hall–Kier alpha value is -1.54. The van der Waals surface area contributed by atoms with Crippen LogP contribution in [-0.4, -0.2) is 38.6 Å². The Labute approximate surface area is 120 Å². The average Bonchev–Trinajstić information content (AvgIpc) is 2.46. The summed E-state index contributed by atoms with van der Waals surface area (Å²) in [6, 6.07) is 5.72. The van der Waals surface area contributed by atoms with Crippen LogP contribution in [0, 0.1) is 11.8 Å². The Balaban J connectivity index is 2.76. The van der Waals surface area contributed by atoms with Gasteiger partial charge in [-0.1, -0.05) is 11.8 Å². The topological polar surface area (TPSA) is 47.9 Å². The van der Waals surface area contributed by atoms with E-state index in [0.29, 0.717) is 19.6 Å². The standard InChI is InChI=1S/C16H22O4/c1-13(11-18-2)20-12-15-10-14(6-4-5-9-17)7-8-16(15)19-3/h7-8,10,13,17H,5,9,11-12H2,1-3H3. The minimum absolute atomic E-state index is 0.0221. The molecule has 4 nitrogen and oxygen atoms in total. The van der Waals surface area contributed by atoms with Gasteiger partial charge in [-0.25, -0.2) is 0 Å². The molecule has 1 aromatic rings. The maximum absolute atomic E-state index is 8.72. The van der Waals surface area contributed by atoms with Gasteiger partial charge in [0.15, 0.2) is 0 Å². The van der Waals surface area contributed by atoms with E-state index in [1.165, 1.54) is 0 Å². The molecule has 0 spiro atoms. The van der Waals surface area contributed by atoms with Crippen LogP contribution in [0.4, 0.5) is 0 Å². The molecular formula is C16H22O4. The van der Waals surface area contributed by atoms with Gasteiger partial charge >= 0.3 is 0 Å². The van der Waals surface area contributed by atoms with E-state index in [1.807, 2.05) is 25.1 Å². The van der Waals surface area contributed by atoms with Crippen molar-refractivity contribution in [2.45, 2.75) is 26.1 Å². The quantitative estimate of drug-likeness (QED) is 0.775. The zero-order valence-electron chi connectivity index (χ0n) is 12.3. The summed E-state index contributed by atoms with van der Waals surface area (Å²) >= 11 is 0. The first-order valence-corrected chi connectivity index (χ1v) is 6.58. The Bertz CT molecular complexity index is 459. The molecule has 1 unspecified atom stereocenters. The molecule has 0 fully saturated rings. The van der Waals surface area contributed by atoms with Crippen molar-refractivity contribution in [3.8, 4) is 17.6 Å². The molecule has 0 saturated heterocycles. The normalized spacial score (nSPS) is 11.6. The number of hydrogen-bond donors (Lipinski definition) is 1. The van der Waals surface area contributed by atoms with Crippen LogP contribution in [0.5, 0.6) is 5.75 Å². The first-order chi connectivity index (χ1) is 9.71. The third kappa shape index (κ3) is 5.62. The van der Waals surface area contributed by atoms with Gasteiger partial charge in [0.2, 0.25) is 0 Å². The average molecular weight is 278 g/mol. The van der Waals surface area contributed by atoms with Crippen molar-refractivity contribution in [2.75, 3.05) is 27.4 Å². The molecule has 20 heavy (non-hydrogen) atoms. The molecule has 0 radical (unpaired) electrons. The van der Waals surface area contributed by atoms with E-state index in [9.17, 15) is 0 Å². The summed E-state index contributed by atoms with van der Waals surface area (Å²) in [5.41, 5.74) is 1.84. The molecule has 1 atom stereocenters. The smallest absolute Gasteiger partial charge is 0.124 e. The molecular weight excluding hydrogens is 256 g/mol. The monoisotopic (exact) mass is 278 g/mol. The van der Waals surface area contributed by atoms with Crippen molar-refractivity contribution < 1.29 is 19.3 Å². The van der Waals surface area contributed by atoms with Crippen molar-refractivity contribution in [1.82, 2.24) is 0 Å². The molecule has 0 amide bonds. The van der Waals surface area contributed by atoms with Crippen LogP contribution in [0.1, 0.15) is 24.5 Å². The third-order valence-electron chi connectivity index (χ3n) is 2.67. The molecule has 0 aliphatic rings. The summed E-state index contributed by atoms with van der Waals surface area (Å²) in [6.07, 6.45) is 0.497. The summed E-state index contributed by atoms with van der Waals surface area (Å²) in [5, 5.41) is 8.72. The molecule has 4 heteroatoms. The van der Waals surface area contributed by atoms with Crippen molar-refractivity contribution in [1.29, 1.82) is 0 Å². The summed E-state index contributed by atoms with van der Waals surface area (Å²) in [7, 11) is 3.28. The number of hydrogen-bond acceptors (Lipinski definition) is 4. The maximum Gasteiger partial charge on any atom is 0.124 e. The largest absolute Gasteiger partial charge is 0.496 e. The van der Waals surface area contributed by atoms with Gasteiger partial charge in [-0.05, 0) is 25.1 Å². The second-order valence-corrected chi connectivity index (χ2v) is 4.38. The molecule has 110 valence electrons. The van der Waals surface area contributed by atoms with Crippen LogP contribution < -0.4 is 4.74 Å². The lowest BCUT2D eigenvalue weighted by Gasteiger charge is -2.14. The number of aliphatic hydroxyl groups is 1. The van der Waals surface area contributed by atoms with Crippen LogP contribution in [0.15, 0.2) is 18.2 Å². The van der Waals surface area contributed by atoms with E-state index in [2.05, 4.69) is 11.8 Å². The minimum atomic E-state index is 0.0221. The highest BCUT2D eigenvalue weighted by molar-refractivity contribution is 5.44. The summed E-state index contributed by atoms with van der Waals surface area (Å²) in [5.74, 6) is 6.68. The van der Waals surface area contributed by atoms with E-state index < -0.39 is 0 Å². The molecule has 1 aromatic carbocycles. The number of aliphatic hydroxyl groups excluding tert-OH is 1. The number of rotatable bonds is 7. The van der Waals surface area contributed by atoms with Gasteiger partial charge in [-0.3, -0.25) is 0 Å². The highest BCUT2D eigenvalue weighted by atomic mass is 16.5. The van der Waals surface area contributed by atoms with E-state index >= 15 is 0 Å². The van der Waals surface area contributed by atoms with Gasteiger partial charge < -0.3 is 19.3 Å². The lowest BCUT2D eigenvalue weighted by molar-refractivity contribution is -0.000739. The van der Waals surface area contributed by atoms with E-state index in [1.54, 1.807) is 14.2 Å². The first kappa shape index (κ1) is 16.5. The zero-order valence-corrected chi connectivity index (χ0v) is 12.3. The van der Waals surface area contributed by atoms with Gasteiger partial charge in [-0.15, -0.1) is 0 Å². The maximum atomic E-state index is 8.72. The van der Waals surface area contributed by atoms with Gasteiger partial charge in [0.05, 0.1) is 33.0 Å². The molecule has 1 N–H and O–H groups in total. The molecule has 0 aliphatic heterocycles. The minimum Gasteiger partial charge on any atom is -0.496 e. The fraction of sp³-hybridized carbons (Fsp3) is 0.500. The summed E-state index contributed by atoms with van der Waals surface area (Å²) in [6.45, 7) is 3.04. The first-order valence-electron chi connectivity index (χ1n) is 6.58. The van der Waals surface area contributed by atoms with Crippen LogP contribution in [-0.2, 0) is 16.1 Å². The van der Waals surface area contributed by atoms with Crippen LogP contribution in [0.3, 0.4) is 0 Å². The van der Waals surface area contributed by atoms with E-state index in [-0.39, 0.29) is 12.7 Å². The molecule has 1 rings (SSSR count). The van der Waals surface area contributed by atoms with Crippen molar-refractivity contribution in [3.63, 3.8) is 0 Å². The van der Waals surface area contributed by atoms with Crippen molar-refractivity contribution >= 4 is 0 Å². The van der Waals surface area contributed by atoms with Gasteiger partial charge in [0, 0.05) is 24.7 Å². The van der Waals surface area contributed by atoms with E-state index in [4.69, 9.17) is 19.3 Å². The molecule has 0 aliphatic carbocycles. The molecule has 0 heterocycles. The fourth-order valence-corrected chi connectivity index (χ4v) is 1.70. The zero-order chi connectivity index (χ0) is 14.8. The lowest BCUT2D eigenvalue weighted by Crippen LogP contribution is -2.14. The lowest BCUT2D eigenvalue weighted by atomic mass is 10.1. The van der Waals surface area contributed by atoms with Crippen molar-refractivity contribution in [2.24, 2.45) is 0 Å². The number of ether oxygens (including phenoxy) is 3. The number of methoxy groups -OCH3 is 2. The Kier molecular flexibility index (Phi) is 7.74. The second kappa shape index (κ2) is 9.38. The Morgan fingerprint density at radius 1 is 1.30 bits per heavy atom. The Morgan fingerprint density at radius 2 is 2.10 bits per heavy atom. The van der Waals surface area contributed by atoms with Crippen LogP contribution in [0.2, 0.25) is 0 Å². The highest BCUT2D eigenvalue weighted by Gasteiger charge is 2.07. The fourth-order valence-electron chi connectivity index (χ4n) is 1.70. The van der Waals surface area contributed by atoms with Crippen molar-refractivity contribution in [3.05, 3.63) is 29.3 Å². The third-order valence-corrected chi connectivity index (χ3v) is 2.67. The van der Waals surface area contributed by atoms with Gasteiger partial charge in [-0.2, -0.15) is 0 Å². The molecule has 0 saturated carbocycles. The highest BCUT2D eigenvalue weighted by Crippen LogP contribution is 2.21. The van der Waals surface area contributed by atoms with E-state index in [0.717, 1.165) is 16.9 Å². The van der Waals surface area contributed by atoms with Crippen LogP contribution >= 0.6 is 0 Å². The summed E-state index contributed by atoms with van der Waals surface area (Å²) in [4.78, 5) is 0. The predicted molar refractivity (Wildman–Crippen MR) is 77.7 cm³/mol. The van der Waals surface area contributed by atoms with Crippen LogP contribution in [0.25, 0.3) is 0 Å². The van der Waals surface area contributed by atoms with Gasteiger partial charge in [0.25, 0.3) is 0 Å². The summed E-state index contributed by atoms with van der Waals surface area (Å²) < 4.78 is 16.1. The van der Waals surface area contributed by atoms with Gasteiger partial charge in [0.1, 0.15) is 5.75 Å². The Morgan fingerprint density at radius 3 is 2.75 bits per heavy atom. The SMILES string of the molecule is COCC(C)OCc1cc(C#CCCO)ccc1OC. The molecule has 0 bridgehead atoms. The number of benzene rings is 1. The molecule has 0 aromatic heterocycles.